The van der Waals surface area contributed by atoms with Gasteiger partial charge in [-0.15, -0.1) is 0 Å². The number of carbonyl (C=O) groups is 2. The van der Waals surface area contributed by atoms with Crippen LogP contribution in [0.2, 0.25) is 0 Å². The Bertz CT molecular complexity index is 771. The van der Waals surface area contributed by atoms with Crippen molar-refractivity contribution in [2.45, 2.75) is 26.3 Å². The zero-order valence-electron chi connectivity index (χ0n) is 15.0. The van der Waals surface area contributed by atoms with Crippen molar-refractivity contribution in [2.75, 3.05) is 19.7 Å². The van der Waals surface area contributed by atoms with E-state index in [0.29, 0.717) is 19.7 Å². The molecule has 136 valence electrons. The zero-order valence-corrected chi connectivity index (χ0v) is 15.0. The van der Waals surface area contributed by atoms with E-state index in [9.17, 15) is 9.59 Å². The van der Waals surface area contributed by atoms with E-state index >= 15 is 0 Å². The molecule has 0 saturated carbocycles. The van der Waals surface area contributed by atoms with Crippen LogP contribution in [-0.4, -0.2) is 36.4 Å². The summed E-state index contributed by atoms with van der Waals surface area (Å²) in [6, 6.07) is 15.6. The molecule has 0 aromatic heterocycles. The molecule has 1 N–H and O–H groups in total. The van der Waals surface area contributed by atoms with Crippen LogP contribution in [0.4, 0.5) is 0 Å². The highest BCUT2D eigenvalue weighted by atomic mass is 16.5. The van der Waals surface area contributed by atoms with Gasteiger partial charge in [-0.3, -0.25) is 9.59 Å². The molecule has 0 fully saturated rings. The minimum atomic E-state index is -0.153. The molecule has 2 amide bonds. The van der Waals surface area contributed by atoms with Crippen LogP contribution in [0.5, 0.6) is 5.75 Å². The first-order valence-corrected chi connectivity index (χ1v) is 8.98. The maximum atomic E-state index is 12.4. The van der Waals surface area contributed by atoms with Gasteiger partial charge in [-0.2, -0.15) is 0 Å². The Balaban J connectivity index is 1.46. The molecule has 0 spiro atoms. The van der Waals surface area contributed by atoms with Gasteiger partial charge in [-0.05, 0) is 42.2 Å². The second-order valence-corrected chi connectivity index (χ2v) is 6.36. The highest BCUT2D eigenvalue weighted by molar-refractivity contribution is 5.85. The number of rotatable bonds is 6. The van der Waals surface area contributed by atoms with Gasteiger partial charge in [0.05, 0.1) is 19.6 Å². The average Bonchev–Trinajstić information content (AvgIpc) is 2.67. The van der Waals surface area contributed by atoms with Crippen molar-refractivity contribution >= 4 is 11.8 Å². The number of benzene rings is 2. The number of fused-ring (bicyclic) bond motifs is 1. The van der Waals surface area contributed by atoms with Crippen LogP contribution in [0, 0.1) is 0 Å². The van der Waals surface area contributed by atoms with Crippen LogP contribution in [0.1, 0.15) is 23.6 Å². The summed E-state index contributed by atoms with van der Waals surface area (Å²) in [6.45, 7) is 3.90. The first kappa shape index (κ1) is 18.0. The summed E-state index contributed by atoms with van der Waals surface area (Å²) in [7, 11) is 0. The Hall–Kier alpha value is -2.82. The molecule has 0 unspecified atom stereocenters. The predicted molar refractivity (Wildman–Crippen MR) is 99.9 cm³/mol. The van der Waals surface area contributed by atoms with Gasteiger partial charge in [-0.1, -0.05) is 36.4 Å². The summed E-state index contributed by atoms with van der Waals surface area (Å²) in [6.07, 6.45) is 1.12. The van der Waals surface area contributed by atoms with Crippen molar-refractivity contribution in [3.8, 4) is 5.75 Å². The summed E-state index contributed by atoms with van der Waals surface area (Å²) in [5, 5.41) is 2.73. The quantitative estimate of drug-likeness (QED) is 0.868. The average molecular weight is 352 g/mol. The Morgan fingerprint density at radius 3 is 2.54 bits per heavy atom. The maximum Gasteiger partial charge on any atom is 0.242 e. The second kappa shape index (κ2) is 8.52. The number of amides is 2. The lowest BCUT2D eigenvalue weighted by atomic mass is 10.00. The van der Waals surface area contributed by atoms with E-state index in [1.54, 1.807) is 4.90 Å². The fourth-order valence-electron chi connectivity index (χ4n) is 3.11. The van der Waals surface area contributed by atoms with Gasteiger partial charge in [0.15, 0.2) is 0 Å². The monoisotopic (exact) mass is 352 g/mol. The van der Waals surface area contributed by atoms with E-state index in [4.69, 9.17) is 4.74 Å². The summed E-state index contributed by atoms with van der Waals surface area (Å²) in [4.78, 5) is 26.3. The zero-order chi connectivity index (χ0) is 18.4. The van der Waals surface area contributed by atoms with Crippen molar-refractivity contribution in [2.24, 2.45) is 0 Å². The van der Waals surface area contributed by atoms with Gasteiger partial charge in [-0.25, -0.2) is 0 Å². The molecular formula is C21H24N2O3. The van der Waals surface area contributed by atoms with Crippen molar-refractivity contribution in [1.82, 2.24) is 10.2 Å². The Morgan fingerprint density at radius 2 is 1.81 bits per heavy atom. The van der Waals surface area contributed by atoms with E-state index in [-0.39, 0.29) is 24.8 Å². The van der Waals surface area contributed by atoms with Crippen molar-refractivity contribution < 1.29 is 14.3 Å². The minimum absolute atomic E-state index is 0.0397. The second-order valence-electron chi connectivity index (χ2n) is 6.36. The van der Waals surface area contributed by atoms with Crippen molar-refractivity contribution in [1.29, 1.82) is 0 Å². The third-order valence-electron chi connectivity index (χ3n) is 4.52. The highest BCUT2D eigenvalue weighted by Crippen LogP contribution is 2.18. The molecule has 1 aliphatic rings. The van der Waals surface area contributed by atoms with Crippen LogP contribution in [-0.2, 0) is 29.0 Å². The fourth-order valence-corrected chi connectivity index (χ4v) is 3.11. The molecule has 2 aromatic carbocycles. The molecule has 5 heteroatoms. The Morgan fingerprint density at radius 1 is 1.08 bits per heavy atom. The molecule has 1 heterocycles. The normalized spacial score (nSPS) is 13.0. The lowest BCUT2D eigenvalue weighted by molar-refractivity contribution is -0.133. The molecule has 3 rings (SSSR count). The standard InChI is InChI=1S/C21H24N2O3/c1-2-26-19-9-7-16(8-10-19)13-20(24)22-14-21(25)23-12-11-17-5-3-4-6-18(17)15-23/h3-10H,2,11-15H2,1H3,(H,22,24). The number of carbonyl (C=O) groups excluding carboxylic acids is 2. The Kier molecular flexibility index (Phi) is 5.89. The molecule has 0 radical (unpaired) electrons. The largest absolute Gasteiger partial charge is 0.494 e. The molecule has 2 aromatic rings. The molecule has 0 saturated heterocycles. The number of ether oxygens (including phenoxy) is 1. The summed E-state index contributed by atoms with van der Waals surface area (Å²) < 4.78 is 5.39. The lowest BCUT2D eigenvalue weighted by Gasteiger charge is -2.29. The van der Waals surface area contributed by atoms with Crippen LogP contribution >= 0.6 is 0 Å². The first-order valence-electron chi connectivity index (χ1n) is 8.98. The topological polar surface area (TPSA) is 58.6 Å². The van der Waals surface area contributed by atoms with Gasteiger partial charge < -0.3 is 15.0 Å². The van der Waals surface area contributed by atoms with Gasteiger partial charge in [0.2, 0.25) is 11.8 Å². The molecule has 26 heavy (non-hydrogen) atoms. The molecule has 5 nitrogen and oxygen atoms in total. The van der Waals surface area contributed by atoms with Crippen LogP contribution in [0.3, 0.4) is 0 Å². The summed E-state index contributed by atoms with van der Waals surface area (Å²) in [5.41, 5.74) is 3.38. The maximum absolute atomic E-state index is 12.4. The van der Waals surface area contributed by atoms with E-state index in [1.165, 1.54) is 11.1 Å². The van der Waals surface area contributed by atoms with E-state index < -0.39 is 0 Å². The van der Waals surface area contributed by atoms with E-state index in [0.717, 1.165) is 17.7 Å². The van der Waals surface area contributed by atoms with Crippen molar-refractivity contribution in [3.05, 3.63) is 65.2 Å². The number of hydrogen-bond donors (Lipinski definition) is 1. The van der Waals surface area contributed by atoms with Gasteiger partial charge in [0.1, 0.15) is 5.75 Å². The van der Waals surface area contributed by atoms with Crippen LogP contribution < -0.4 is 10.1 Å². The SMILES string of the molecule is CCOc1ccc(CC(=O)NCC(=O)N2CCc3ccccc3C2)cc1. The third-order valence-corrected chi connectivity index (χ3v) is 4.52. The summed E-state index contributed by atoms with van der Waals surface area (Å²) in [5.74, 6) is 0.594. The molecule has 0 atom stereocenters. The summed E-state index contributed by atoms with van der Waals surface area (Å²) >= 11 is 0. The number of nitrogens with zero attached hydrogens (tertiary/aromatic N) is 1. The Labute approximate surface area is 154 Å². The fraction of sp³-hybridized carbons (Fsp3) is 0.333. The number of hydrogen-bond acceptors (Lipinski definition) is 3. The highest BCUT2D eigenvalue weighted by Gasteiger charge is 2.20. The van der Waals surface area contributed by atoms with Gasteiger partial charge in [0.25, 0.3) is 0 Å². The van der Waals surface area contributed by atoms with Gasteiger partial charge >= 0.3 is 0 Å². The molecule has 1 aliphatic heterocycles. The van der Waals surface area contributed by atoms with E-state index in [1.807, 2.05) is 43.3 Å². The first-order chi connectivity index (χ1) is 12.7. The number of nitrogens with one attached hydrogen (secondary N) is 1. The van der Waals surface area contributed by atoms with Gasteiger partial charge in [0, 0.05) is 13.1 Å². The third kappa shape index (κ3) is 4.63. The minimum Gasteiger partial charge on any atom is -0.494 e. The van der Waals surface area contributed by atoms with E-state index in [2.05, 4.69) is 17.4 Å². The molecular weight excluding hydrogens is 328 g/mol. The smallest absolute Gasteiger partial charge is 0.242 e. The van der Waals surface area contributed by atoms with Crippen LogP contribution in [0.25, 0.3) is 0 Å². The van der Waals surface area contributed by atoms with Crippen LogP contribution in [0.15, 0.2) is 48.5 Å². The lowest BCUT2D eigenvalue weighted by Crippen LogP contribution is -2.42. The molecule has 0 bridgehead atoms. The van der Waals surface area contributed by atoms with Crippen molar-refractivity contribution in [3.63, 3.8) is 0 Å². The molecule has 0 aliphatic carbocycles. The predicted octanol–water partition coefficient (Wildman–Crippen LogP) is 2.33.